The van der Waals surface area contributed by atoms with Gasteiger partial charge in [0.2, 0.25) is 0 Å². The van der Waals surface area contributed by atoms with Gasteiger partial charge in [0.1, 0.15) is 24.1 Å². The topological polar surface area (TPSA) is 127 Å². The lowest BCUT2D eigenvalue weighted by Crippen LogP contribution is -2.41. The van der Waals surface area contributed by atoms with Crippen molar-refractivity contribution in [2.24, 2.45) is 0 Å². The summed E-state index contributed by atoms with van der Waals surface area (Å²) >= 11 is 5.12. The van der Waals surface area contributed by atoms with Crippen LogP contribution < -0.4 is 11.4 Å². The van der Waals surface area contributed by atoms with Crippen molar-refractivity contribution >= 4 is 24.1 Å². The minimum Gasteiger partial charge on any atom is -0.383 e. The summed E-state index contributed by atoms with van der Waals surface area (Å²) in [6.45, 7) is 5.03. The van der Waals surface area contributed by atoms with Gasteiger partial charge in [-0.15, -0.1) is 0 Å². The van der Waals surface area contributed by atoms with Gasteiger partial charge in [0.05, 0.1) is 25.9 Å². The van der Waals surface area contributed by atoms with Gasteiger partial charge >= 0.3 is 5.69 Å². The van der Waals surface area contributed by atoms with Gasteiger partial charge in [0.25, 0.3) is 0 Å². The van der Waals surface area contributed by atoms with Crippen LogP contribution in [0, 0.1) is 6.92 Å². The average Bonchev–Trinajstić information content (AvgIpc) is 3.00. The molecule has 1 aromatic heterocycles. The molecule has 5 unspecified atom stereocenters. The zero-order valence-corrected chi connectivity index (χ0v) is 19.7. The van der Waals surface area contributed by atoms with Crippen LogP contribution in [0.25, 0.3) is 0 Å². The molecule has 30 heavy (non-hydrogen) atoms. The molecular formula is C18H32N3O7PS. The van der Waals surface area contributed by atoms with Crippen molar-refractivity contribution in [3.8, 4) is 0 Å². The van der Waals surface area contributed by atoms with Gasteiger partial charge in [0.15, 0.2) is 12.7 Å². The number of aromatic nitrogens is 2. The zero-order chi connectivity index (χ0) is 22.5. The van der Waals surface area contributed by atoms with Crippen LogP contribution >= 0.6 is 6.49 Å². The summed E-state index contributed by atoms with van der Waals surface area (Å²) in [5, 5.41) is 0. The van der Waals surface area contributed by atoms with Crippen LogP contribution in [0.2, 0.25) is 0 Å². The third-order valence-corrected chi connectivity index (χ3v) is 7.04. The third kappa shape index (κ3) is 6.54. The molecule has 172 valence electrons. The molecule has 0 amide bonds. The van der Waals surface area contributed by atoms with Crippen LogP contribution in [0.3, 0.4) is 0 Å². The third-order valence-electron chi connectivity index (χ3n) is 4.60. The van der Waals surface area contributed by atoms with E-state index in [2.05, 4.69) is 4.98 Å². The molecule has 1 aliphatic heterocycles. The summed E-state index contributed by atoms with van der Waals surface area (Å²) in [5.41, 5.74) is 5.83. The molecule has 0 aromatic carbocycles. The van der Waals surface area contributed by atoms with Crippen molar-refractivity contribution < 1.29 is 28.4 Å². The molecule has 0 radical (unpaired) electrons. The van der Waals surface area contributed by atoms with Crippen molar-refractivity contribution in [1.82, 2.24) is 9.55 Å². The summed E-state index contributed by atoms with van der Waals surface area (Å²) in [6, 6.07) is 0. The second-order valence-electron chi connectivity index (χ2n) is 7.29. The Balaban J connectivity index is 2.38. The van der Waals surface area contributed by atoms with Gasteiger partial charge in [-0.25, -0.2) is 4.79 Å². The molecule has 1 aromatic rings. The molecule has 10 nitrogen and oxygen atoms in total. The molecule has 0 aliphatic carbocycles. The van der Waals surface area contributed by atoms with Crippen molar-refractivity contribution in [1.29, 1.82) is 0 Å². The van der Waals surface area contributed by atoms with E-state index in [-0.39, 0.29) is 25.1 Å². The number of ether oxygens (including phenoxy) is 4. The first-order valence-electron chi connectivity index (χ1n) is 9.82. The van der Waals surface area contributed by atoms with Crippen LogP contribution in [0.5, 0.6) is 0 Å². The number of nitrogens with two attached hydrogens (primary N) is 1. The molecule has 1 fully saturated rings. The van der Waals surface area contributed by atoms with Crippen molar-refractivity contribution in [2.45, 2.75) is 58.3 Å². The maximum atomic E-state index is 12.5. The first-order chi connectivity index (χ1) is 14.1. The molecule has 5 atom stereocenters. The highest BCUT2D eigenvalue weighted by molar-refractivity contribution is 8.09. The molecule has 0 spiro atoms. The molecule has 1 saturated heterocycles. The van der Waals surface area contributed by atoms with Crippen LogP contribution in [0.1, 0.15) is 32.6 Å². The summed E-state index contributed by atoms with van der Waals surface area (Å²) in [4.78, 5) is 26.6. The zero-order valence-electron chi connectivity index (χ0n) is 18.0. The summed E-state index contributed by atoms with van der Waals surface area (Å²) in [6.07, 6.45) is -0.865. The minimum absolute atomic E-state index is 0.00970. The lowest BCUT2D eigenvalue weighted by molar-refractivity contribution is -0.102. The van der Waals surface area contributed by atoms with Crippen LogP contribution in [-0.4, -0.2) is 72.0 Å². The van der Waals surface area contributed by atoms with E-state index in [1.165, 1.54) is 4.57 Å². The van der Waals surface area contributed by atoms with E-state index in [1.54, 1.807) is 27.2 Å². The highest BCUT2D eigenvalue weighted by Crippen LogP contribution is 2.43. The van der Waals surface area contributed by atoms with E-state index in [0.717, 1.165) is 0 Å². The Kier molecular flexibility index (Phi) is 9.38. The predicted octanol–water partition coefficient (Wildman–Crippen LogP) is 1.19. The van der Waals surface area contributed by atoms with Gasteiger partial charge in [-0.05, 0) is 32.6 Å². The first kappa shape index (κ1) is 25.4. The van der Waals surface area contributed by atoms with Crippen molar-refractivity contribution in [3.05, 3.63) is 22.2 Å². The predicted molar refractivity (Wildman–Crippen MR) is 116 cm³/mol. The summed E-state index contributed by atoms with van der Waals surface area (Å²) in [5.74, 6) is 0.157. The van der Waals surface area contributed by atoms with Gasteiger partial charge in [-0.3, -0.25) is 4.57 Å². The maximum Gasteiger partial charge on any atom is 0.351 e. The smallest absolute Gasteiger partial charge is 0.351 e. The van der Waals surface area contributed by atoms with E-state index in [4.69, 9.17) is 41.0 Å². The lowest BCUT2D eigenvalue weighted by atomic mass is 10.1. The standard InChI is InChI=1S/C18H32N3O7PS/c1-6-29(23,30)26-10-13-14(27-11(2)3)15(25-8-7-24-5)17(28-13)21-9-12(4)16(19)20-18(21)22/h9,11,13-15,17H,6-8,10H2,1-5H3,(H,23,30)(H2,19,20,22). The minimum atomic E-state index is -2.91. The molecule has 1 aliphatic rings. The molecule has 3 N–H and O–H groups in total. The molecule has 12 heteroatoms. The number of nitrogens with zero attached hydrogens (tertiary/aromatic N) is 2. The largest absolute Gasteiger partial charge is 0.383 e. The van der Waals surface area contributed by atoms with E-state index in [9.17, 15) is 9.69 Å². The Hall–Kier alpha value is -0.910. The number of hydrogen-bond acceptors (Lipinski definition) is 9. The Labute approximate surface area is 181 Å². The van der Waals surface area contributed by atoms with Gasteiger partial charge < -0.3 is 34.1 Å². The normalized spacial score (nSPS) is 26.2. The second-order valence-corrected chi connectivity index (χ2v) is 11.2. The first-order valence-corrected chi connectivity index (χ1v) is 12.7. The Bertz CT molecular complexity index is 806. The van der Waals surface area contributed by atoms with Gasteiger partial charge in [0, 0.05) is 25.0 Å². The van der Waals surface area contributed by atoms with E-state index < -0.39 is 36.7 Å². The van der Waals surface area contributed by atoms with Crippen LogP contribution in [-0.2, 0) is 35.3 Å². The fourth-order valence-electron chi connectivity index (χ4n) is 3.03. The number of rotatable bonds is 11. The number of methoxy groups -OCH3 is 1. The molecule has 2 heterocycles. The number of nitrogen functional groups attached to an aromatic ring is 1. The Morgan fingerprint density at radius 2 is 2.10 bits per heavy atom. The number of hydrogen-bond donors (Lipinski definition) is 2. The SMILES string of the molecule is CCP(O)(=S)OCC1OC(n2cc(C)c(N)nc2=O)C(OCCOC)C1OC(C)C. The van der Waals surface area contributed by atoms with Crippen LogP contribution in [0.15, 0.2) is 11.0 Å². The van der Waals surface area contributed by atoms with Crippen LogP contribution in [0.4, 0.5) is 5.82 Å². The lowest BCUT2D eigenvalue weighted by Gasteiger charge is -2.27. The molecule has 2 rings (SSSR count). The van der Waals surface area contributed by atoms with E-state index in [1.807, 2.05) is 13.8 Å². The average molecular weight is 466 g/mol. The molecule has 0 bridgehead atoms. The van der Waals surface area contributed by atoms with E-state index >= 15 is 0 Å². The summed E-state index contributed by atoms with van der Waals surface area (Å²) in [7, 11) is 1.57. The molecule has 0 saturated carbocycles. The Morgan fingerprint density at radius 1 is 1.40 bits per heavy atom. The van der Waals surface area contributed by atoms with Crippen molar-refractivity contribution in [2.75, 3.05) is 38.8 Å². The highest BCUT2D eigenvalue weighted by atomic mass is 32.5. The molecular weight excluding hydrogens is 433 g/mol. The number of anilines is 1. The second kappa shape index (κ2) is 11.1. The highest BCUT2D eigenvalue weighted by Gasteiger charge is 2.48. The van der Waals surface area contributed by atoms with Crippen molar-refractivity contribution in [3.63, 3.8) is 0 Å². The van der Waals surface area contributed by atoms with Gasteiger partial charge in [-0.1, -0.05) is 6.92 Å². The monoisotopic (exact) mass is 465 g/mol. The number of aryl methyl sites for hydroxylation is 1. The maximum absolute atomic E-state index is 12.5. The summed E-state index contributed by atoms with van der Waals surface area (Å²) < 4.78 is 30.2. The van der Waals surface area contributed by atoms with Gasteiger partial charge in [-0.2, -0.15) is 4.98 Å². The fraction of sp³-hybridized carbons (Fsp3) is 0.778. The van der Waals surface area contributed by atoms with E-state index in [0.29, 0.717) is 18.3 Å². The quantitative estimate of drug-likeness (QED) is 0.363. The fourth-order valence-corrected chi connectivity index (χ4v) is 3.78. The Morgan fingerprint density at radius 3 is 2.70 bits per heavy atom.